The molecule has 0 spiro atoms. The zero-order valence-corrected chi connectivity index (χ0v) is 16.4. The van der Waals surface area contributed by atoms with E-state index in [1.807, 2.05) is 0 Å². The number of phenolic OH excluding ortho intramolecular Hbond substituents is 1. The van der Waals surface area contributed by atoms with E-state index in [4.69, 9.17) is 4.42 Å². The molecule has 0 aliphatic heterocycles. The molecule has 3 rings (SSSR count). The fraction of sp³-hybridized carbons (Fsp3) is 0.348. The average molecular weight is 366 g/mol. The van der Waals surface area contributed by atoms with E-state index in [0.29, 0.717) is 30.0 Å². The highest BCUT2D eigenvalue weighted by Gasteiger charge is 2.20. The lowest BCUT2D eigenvalue weighted by Crippen LogP contribution is -2.84. The zero-order valence-electron chi connectivity index (χ0n) is 16.4. The van der Waals surface area contributed by atoms with Gasteiger partial charge in [-0.1, -0.05) is 52.0 Å². The summed E-state index contributed by atoms with van der Waals surface area (Å²) < 4.78 is 5.23. The van der Waals surface area contributed by atoms with Gasteiger partial charge in [0.25, 0.3) is 0 Å². The first kappa shape index (κ1) is 19.2. The number of phenols is 1. The minimum absolute atomic E-state index is 0.0945. The molecular formula is C23H28NO3+. The fourth-order valence-corrected chi connectivity index (χ4v) is 3.54. The predicted octanol–water partition coefficient (Wildman–Crippen LogP) is 4.08. The molecule has 0 radical (unpaired) electrons. The van der Waals surface area contributed by atoms with Crippen molar-refractivity contribution in [2.24, 2.45) is 5.92 Å². The Morgan fingerprint density at radius 3 is 2.26 bits per heavy atom. The monoisotopic (exact) mass is 366 g/mol. The van der Waals surface area contributed by atoms with Crippen LogP contribution in [0, 0.1) is 5.92 Å². The first-order valence-electron chi connectivity index (χ1n) is 9.54. The predicted molar refractivity (Wildman–Crippen MR) is 108 cm³/mol. The van der Waals surface area contributed by atoms with Gasteiger partial charge in [0.05, 0.1) is 0 Å². The van der Waals surface area contributed by atoms with Crippen molar-refractivity contribution >= 4 is 11.0 Å². The average Bonchev–Trinajstić information content (AvgIpc) is 2.61. The Morgan fingerprint density at radius 2 is 1.63 bits per heavy atom. The lowest BCUT2D eigenvalue weighted by Gasteiger charge is -2.20. The molecule has 0 aliphatic carbocycles. The molecule has 1 atom stereocenters. The minimum atomic E-state index is -0.390. The van der Waals surface area contributed by atoms with Gasteiger partial charge in [0.15, 0.2) is 0 Å². The number of hydrogen-bond donors (Lipinski definition) is 2. The van der Waals surface area contributed by atoms with Crippen LogP contribution in [0.4, 0.5) is 0 Å². The standard InChI is InChI=1S/C23H27NO3/c1-14(2)16-5-7-17(8-6-16)23(15(3)4)24-13-18-11-22(26)27-21-12-19(25)9-10-20(18)21/h5-12,14-15,23-25H,13H2,1-4H3/p+1/t23-/m0/s1. The number of hydrogen-bond acceptors (Lipinski definition) is 3. The molecule has 0 amide bonds. The highest BCUT2D eigenvalue weighted by molar-refractivity contribution is 5.81. The van der Waals surface area contributed by atoms with Gasteiger partial charge in [-0.2, -0.15) is 0 Å². The maximum Gasteiger partial charge on any atom is 0.336 e. The van der Waals surface area contributed by atoms with Gasteiger partial charge in [-0.05, 0) is 23.6 Å². The van der Waals surface area contributed by atoms with E-state index in [-0.39, 0.29) is 11.4 Å². The van der Waals surface area contributed by atoms with Crippen molar-refractivity contribution in [3.8, 4) is 5.75 Å². The van der Waals surface area contributed by atoms with Gasteiger partial charge >= 0.3 is 5.63 Å². The van der Waals surface area contributed by atoms with Crippen LogP contribution < -0.4 is 10.9 Å². The summed E-state index contributed by atoms with van der Waals surface area (Å²) in [4.78, 5) is 11.9. The molecule has 4 nitrogen and oxygen atoms in total. The SMILES string of the molecule is CC(C)c1ccc([C@@H]([NH2+]Cc2cc(=O)oc3cc(O)ccc23)C(C)C)cc1. The Balaban J connectivity index is 1.86. The Kier molecular flexibility index (Phi) is 5.66. The first-order chi connectivity index (χ1) is 12.8. The molecule has 1 aromatic heterocycles. The molecule has 1 heterocycles. The van der Waals surface area contributed by atoms with Crippen LogP contribution in [-0.2, 0) is 6.54 Å². The molecule has 3 N–H and O–H groups in total. The fourth-order valence-electron chi connectivity index (χ4n) is 3.54. The van der Waals surface area contributed by atoms with Gasteiger partial charge in [-0.25, -0.2) is 4.79 Å². The smallest absolute Gasteiger partial charge is 0.336 e. The van der Waals surface area contributed by atoms with Gasteiger partial charge in [-0.15, -0.1) is 0 Å². The summed E-state index contributed by atoms with van der Waals surface area (Å²) in [5, 5.41) is 12.8. The van der Waals surface area contributed by atoms with Crippen LogP contribution >= 0.6 is 0 Å². The summed E-state index contributed by atoms with van der Waals surface area (Å²) in [5.41, 5.74) is 3.59. The lowest BCUT2D eigenvalue weighted by atomic mass is 9.93. The second-order valence-corrected chi connectivity index (χ2v) is 7.80. The number of nitrogens with two attached hydrogens (primary N) is 1. The van der Waals surface area contributed by atoms with Crippen LogP contribution in [0.1, 0.15) is 56.3 Å². The third kappa shape index (κ3) is 4.40. The molecule has 0 bridgehead atoms. The third-order valence-corrected chi connectivity index (χ3v) is 5.11. The van der Waals surface area contributed by atoms with Crippen LogP contribution in [0.3, 0.4) is 0 Å². The summed E-state index contributed by atoms with van der Waals surface area (Å²) in [6.45, 7) is 9.50. The molecule has 27 heavy (non-hydrogen) atoms. The van der Waals surface area contributed by atoms with E-state index >= 15 is 0 Å². The quantitative estimate of drug-likeness (QED) is 0.646. The Bertz CT molecular complexity index is 971. The molecule has 2 aromatic carbocycles. The summed E-state index contributed by atoms with van der Waals surface area (Å²) >= 11 is 0. The summed E-state index contributed by atoms with van der Waals surface area (Å²) in [6, 6.07) is 15.6. The van der Waals surface area contributed by atoms with E-state index in [9.17, 15) is 9.90 Å². The molecule has 0 unspecified atom stereocenters. The maximum absolute atomic E-state index is 11.9. The van der Waals surface area contributed by atoms with Gasteiger partial charge in [0, 0.05) is 34.6 Å². The number of quaternary nitrogens is 1. The van der Waals surface area contributed by atoms with Crippen LogP contribution in [0.2, 0.25) is 0 Å². The van der Waals surface area contributed by atoms with Crippen molar-refractivity contribution in [1.29, 1.82) is 0 Å². The Labute approximate surface area is 159 Å². The van der Waals surface area contributed by atoms with Crippen LogP contribution in [0.5, 0.6) is 5.75 Å². The number of aromatic hydroxyl groups is 1. The number of fused-ring (bicyclic) bond motifs is 1. The zero-order chi connectivity index (χ0) is 19.6. The van der Waals surface area contributed by atoms with Crippen molar-refractivity contribution in [3.05, 3.63) is 75.6 Å². The molecule has 0 saturated heterocycles. The second kappa shape index (κ2) is 7.97. The van der Waals surface area contributed by atoms with Crippen molar-refractivity contribution in [2.75, 3.05) is 0 Å². The number of benzene rings is 2. The summed E-state index contributed by atoms with van der Waals surface area (Å²) in [6.07, 6.45) is 0. The van der Waals surface area contributed by atoms with E-state index in [1.54, 1.807) is 18.2 Å². The highest BCUT2D eigenvalue weighted by Crippen LogP contribution is 2.23. The van der Waals surface area contributed by atoms with Gasteiger partial charge in [-0.3, -0.25) is 0 Å². The maximum atomic E-state index is 11.9. The molecule has 142 valence electrons. The highest BCUT2D eigenvalue weighted by atomic mass is 16.4. The molecular weight excluding hydrogens is 338 g/mol. The van der Waals surface area contributed by atoms with E-state index in [2.05, 4.69) is 57.3 Å². The molecule has 0 saturated carbocycles. The summed E-state index contributed by atoms with van der Waals surface area (Å²) in [5.74, 6) is 1.06. The van der Waals surface area contributed by atoms with Crippen molar-refractivity contribution < 1.29 is 14.8 Å². The Morgan fingerprint density at radius 1 is 0.963 bits per heavy atom. The van der Waals surface area contributed by atoms with Gasteiger partial charge in [0.1, 0.15) is 23.9 Å². The largest absolute Gasteiger partial charge is 0.508 e. The van der Waals surface area contributed by atoms with E-state index < -0.39 is 0 Å². The van der Waals surface area contributed by atoms with Crippen molar-refractivity contribution in [2.45, 2.75) is 46.2 Å². The molecule has 0 fully saturated rings. The third-order valence-electron chi connectivity index (χ3n) is 5.11. The second-order valence-electron chi connectivity index (χ2n) is 7.80. The Hall–Kier alpha value is -2.59. The van der Waals surface area contributed by atoms with Crippen LogP contribution in [-0.4, -0.2) is 5.11 Å². The van der Waals surface area contributed by atoms with Gasteiger partial charge in [0.2, 0.25) is 0 Å². The van der Waals surface area contributed by atoms with Crippen molar-refractivity contribution in [3.63, 3.8) is 0 Å². The summed E-state index contributed by atoms with van der Waals surface area (Å²) in [7, 11) is 0. The number of rotatable bonds is 6. The lowest BCUT2D eigenvalue weighted by molar-refractivity contribution is -0.717. The minimum Gasteiger partial charge on any atom is -0.508 e. The molecule has 4 heteroatoms. The normalized spacial score (nSPS) is 12.8. The van der Waals surface area contributed by atoms with Crippen molar-refractivity contribution in [1.82, 2.24) is 0 Å². The topological polar surface area (TPSA) is 67.0 Å². The van der Waals surface area contributed by atoms with E-state index in [1.165, 1.54) is 17.2 Å². The first-order valence-corrected chi connectivity index (χ1v) is 9.54. The molecule has 3 aromatic rings. The van der Waals surface area contributed by atoms with Crippen LogP contribution in [0.25, 0.3) is 11.0 Å². The van der Waals surface area contributed by atoms with Crippen LogP contribution in [0.15, 0.2) is 57.7 Å². The molecule has 0 aliphatic rings. The van der Waals surface area contributed by atoms with E-state index in [0.717, 1.165) is 10.9 Å². The van der Waals surface area contributed by atoms with Gasteiger partial charge < -0.3 is 14.8 Å².